The first-order valence-corrected chi connectivity index (χ1v) is 7.11. The van der Waals surface area contributed by atoms with E-state index in [1.165, 1.54) is 38.6 Å². The Balaban J connectivity index is 2.20. The number of nitrogens with two attached hydrogens (primary N) is 1. The van der Waals surface area contributed by atoms with E-state index in [-0.39, 0.29) is 0 Å². The number of rotatable bonds is 3. The maximum Gasteiger partial charge on any atom is 0.0362 e. The van der Waals surface area contributed by atoms with E-state index < -0.39 is 0 Å². The van der Waals surface area contributed by atoms with Gasteiger partial charge < -0.3 is 5.73 Å². The Morgan fingerprint density at radius 3 is 2.62 bits per heavy atom. The predicted molar refractivity (Wildman–Crippen MR) is 69.4 cm³/mol. The Labute approximate surface area is 101 Å². The van der Waals surface area contributed by atoms with Gasteiger partial charge in [0.25, 0.3) is 0 Å². The fourth-order valence-electron chi connectivity index (χ4n) is 4.40. The normalized spacial score (nSPS) is 45.4. The lowest BCUT2D eigenvalue weighted by Crippen LogP contribution is -2.57. The van der Waals surface area contributed by atoms with Crippen LogP contribution < -0.4 is 5.73 Å². The minimum atomic E-state index is 0.346. The van der Waals surface area contributed by atoms with Crippen molar-refractivity contribution in [3.8, 4) is 0 Å². The highest BCUT2D eigenvalue weighted by molar-refractivity contribution is 5.05. The first kappa shape index (κ1) is 12.4. The van der Waals surface area contributed by atoms with Crippen LogP contribution in [0.1, 0.15) is 52.9 Å². The van der Waals surface area contributed by atoms with E-state index in [1.807, 2.05) is 0 Å². The number of likely N-dealkylation sites (tertiary alicyclic amines) is 1. The lowest BCUT2D eigenvalue weighted by atomic mass is 9.83. The van der Waals surface area contributed by atoms with Crippen LogP contribution in [0.25, 0.3) is 0 Å². The van der Waals surface area contributed by atoms with Crippen LogP contribution in [0.5, 0.6) is 0 Å². The topological polar surface area (TPSA) is 29.3 Å². The molecule has 2 heteroatoms. The van der Waals surface area contributed by atoms with Crippen molar-refractivity contribution in [2.45, 2.75) is 64.5 Å². The van der Waals surface area contributed by atoms with Crippen molar-refractivity contribution in [2.75, 3.05) is 13.1 Å². The SMILES string of the molecule is CCC1CCCC1(CN)N1CC(C)CC1C. The van der Waals surface area contributed by atoms with Crippen LogP contribution in [-0.4, -0.2) is 29.6 Å². The van der Waals surface area contributed by atoms with E-state index in [0.717, 1.165) is 24.4 Å². The summed E-state index contributed by atoms with van der Waals surface area (Å²) >= 11 is 0. The average molecular weight is 224 g/mol. The molecule has 0 aromatic rings. The molecule has 1 heterocycles. The molecular weight excluding hydrogens is 196 g/mol. The van der Waals surface area contributed by atoms with Crippen LogP contribution in [0.15, 0.2) is 0 Å². The van der Waals surface area contributed by atoms with Gasteiger partial charge in [0, 0.05) is 24.7 Å². The molecule has 1 saturated heterocycles. The lowest BCUT2D eigenvalue weighted by Gasteiger charge is -2.45. The third kappa shape index (κ3) is 1.80. The zero-order valence-electron chi connectivity index (χ0n) is 11.2. The van der Waals surface area contributed by atoms with E-state index in [2.05, 4.69) is 25.7 Å². The highest BCUT2D eigenvalue weighted by Gasteiger charge is 2.48. The fourth-order valence-corrected chi connectivity index (χ4v) is 4.40. The third-order valence-corrected chi connectivity index (χ3v) is 5.12. The number of hydrogen-bond donors (Lipinski definition) is 1. The molecule has 1 aliphatic heterocycles. The molecule has 0 aromatic carbocycles. The molecule has 2 nitrogen and oxygen atoms in total. The Bertz CT molecular complexity index is 241. The zero-order valence-corrected chi connectivity index (χ0v) is 11.2. The molecule has 16 heavy (non-hydrogen) atoms. The molecule has 0 radical (unpaired) electrons. The van der Waals surface area contributed by atoms with Crippen molar-refractivity contribution >= 4 is 0 Å². The van der Waals surface area contributed by atoms with Gasteiger partial charge in [-0.3, -0.25) is 4.90 Å². The molecule has 2 N–H and O–H groups in total. The first-order chi connectivity index (χ1) is 7.64. The van der Waals surface area contributed by atoms with E-state index in [9.17, 15) is 0 Å². The van der Waals surface area contributed by atoms with Crippen molar-refractivity contribution in [3.05, 3.63) is 0 Å². The number of nitrogens with zero attached hydrogens (tertiary/aromatic N) is 1. The standard InChI is InChI=1S/C14H28N2/c1-4-13-6-5-7-14(13,10-15)16-9-11(2)8-12(16)3/h11-13H,4-10,15H2,1-3H3. The smallest absolute Gasteiger partial charge is 0.0362 e. The molecule has 2 fully saturated rings. The molecule has 94 valence electrons. The minimum Gasteiger partial charge on any atom is -0.329 e. The minimum absolute atomic E-state index is 0.346. The van der Waals surface area contributed by atoms with Gasteiger partial charge in [-0.2, -0.15) is 0 Å². The molecule has 0 spiro atoms. The Morgan fingerprint density at radius 1 is 1.38 bits per heavy atom. The van der Waals surface area contributed by atoms with Crippen LogP contribution >= 0.6 is 0 Å². The average Bonchev–Trinajstić information content (AvgIpc) is 2.82. The van der Waals surface area contributed by atoms with Crippen molar-refractivity contribution in [1.82, 2.24) is 4.90 Å². The predicted octanol–water partition coefficient (Wildman–Crippen LogP) is 2.62. The largest absolute Gasteiger partial charge is 0.329 e. The van der Waals surface area contributed by atoms with Gasteiger partial charge in [0.15, 0.2) is 0 Å². The first-order valence-electron chi connectivity index (χ1n) is 7.11. The second-order valence-corrected chi connectivity index (χ2v) is 6.15. The summed E-state index contributed by atoms with van der Waals surface area (Å²) in [5.74, 6) is 1.70. The summed E-state index contributed by atoms with van der Waals surface area (Å²) in [6.07, 6.45) is 6.77. The van der Waals surface area contributed by atoms with Gasteiger partial charge in [0.1, 0.15) is 0 Å². The van der Waals surface area contributed by atoms with Gasteiger partial charge in [-0.25, -0.2) is 0 Å². The van der Waals surface area contributed by atoms with Crippen molar-refractivity contribution < 1.29 is 0 Å². The second-order valence-electron chi connectivity index (χ2n) is 6.15. The quantitative estimate of drug-likeness (QED) is 0.798. The molecule has 2 aliphatic rings. The second kappa shape index (κ2) is 4.66. The van der Waals surface area contributed by atoms with Crippen molar-refractivity contribution in [1.29, 1.82) is 0 Å². The van der Waals surface area contributed by atoms with E-state index in [0.29, 0.717) is 5.54 Å². The van der Waals surface area contributed by atoms with Gasteiger partial charge in [-0.05, 0) is 38.0 Å². The molecule has 2 rings (SSSR count). The summed E-state index contributed by atoms with van der Waals surface area (Å²) in [6.45, 7) is 9.25. The third-order valence-electron chi connectivity index (χ3n) is 5.12. The summed E-state index contributed by atoms with van der Waals surface area (Å²) in [4.78, 5) is 2.76. The molecule has 4 atom stereocenters. The summed E-state index contributed by atoms with van der Waals surface area (Å²) < 4.78 is 0. The Morgan fingerprint density at radius 2 is 2.12 bits per heavy atom. The van der Waals surface area contributed by atoms with Crippen LogP contribution in [0.4, 0.5) is 0 Å². The highest BCUT2D eigenvalue weighted by atomic mass is 15.3. The fraction of sp³-hybridized carbons (Fsp3) is 1.00. The summed E-state index contributed by atoms with van der Waals surface area (Å²) in [7, 11) is 0. The molecule has 0 amide bonds. The van der Waals surface area contributed by atoms with Gasteiger partial charge in [0.2, 0.25) is 0 Å². The summed E-state index contributed by atoms with van der Waals surface area (Å²) in [5, 5.41) is 0. The molecule has 4 unspecified atom stereocenters. The molecule has 1 saturated carbocycles. The van der Waals surface area contributed by atoms with Crippen molar-refractivity contribution in [3.63, 3.8) is 0 Å². The van der Waals surface area contributed by atoms with Gasteiger partial charge in [-0.15, -0.1) is 0 Å². The summed E-state index contributed by atoms with van der Waals surface area (Å²) in [6, 6.07) is 0.741. The van der Waals surface area contributed by atoms with Crippen LogP contribution in [0.3, 0.4) is 0 Å². The van der Waals surface area contributed by atoms with Crippen LogP contribution in [-0.2, 0) is 0 Å². The molecular formula is C14H28N2. The van der Waals surface area contributed by atoms with Crippen LogP contribution in [0, 0.1) is 11.8 Å². The monoisotopic (exact) mass is 224 g/mol. The lowest BCUT2D eigenvalue weighted by molar-refractivity contribution is 0.0477. The number of hydrogen-bond acceptors (Lipinski definition) is 2. The van der Waals surface area contributed by atoms with E-state index >= 15 is 0 Å². The zero-order chi connectivity index (χ0) is 11.8. The van der Waals surface area contributed by atoms with Gasteiger partial charge in [-0.1, -0.05) is 26.7 Å². The molecule has 1 aliphatic carbocycles. The Hall–Kier alpha value is -0.0800. The van der Waals surface area contributed by atoms with Gasteiger partial charge >= 0.3 is 0 Å². The van der Waals surface area contributed by atoms with Crippen molar-refractivity contribution in [2.24, 2.45) is 17.6 Å². The maximum absolute atomic E-state index is 6.18. The Kier molecular flexibility index (Phi) is 3.60. The summed E-state index contributed by atoms with van der Waals surface area (Å²) in [5.41, 5.74) is 6.53. The van der Waals surface area contributed by atoms with E-state index in [1.54, 1.807) is 0 Å². The molecule has 0 aromatic heterocycles. The van der Waals surface area contributed by atoms with Gasteiger partial charge in [0.05, 0.1) is 0 Å². The highest BCUT2D eigenvalue weighted by Crippen LogP contribution is 2.45. The molecule has 0 bridgehead atoms. The maximum atomic E-state index is 6.18. The van der Waals surface area contributed by atoms with E-state index in [4.69, 9.17) is 5.73 Å². The van der Waals surface area contributed by atoms with Crippen LogP contribution in [0.2, 0.25) is 0 Å².